The molecule has 1 aromatic carbocycles. The van der Waals surface area contributed by atoms with Crippen molar-refractivity contribution in [2.24, 2.45) is 11.7 Å². The van der Waals surface area contributed by atoms with Gasteiger partial charge in [-0.3, -0.25) is 14.4 Å². The second-order valence-corrected chi connectivity index (χ2v) is 9.76. The molecule has 0 aliphatic rings. The zero-order chi connectivity index (χ0) is 29.9. The van der Waals surface area contributed by atoms with Crippen molar-refractivity contribution >= 4 is 58.1 Å². The minimum atomic E-state index is -1.14. The van der Waals surface area contributed by atoms with Gasteiger partial charge in [0.1, 0.15) is 18.7 Å². The van der Waals surface area contributed by atoms with Gasteiger partial charge in [0.15, 0.2) is 0 Å². The number of alkyl halides is 1. The molecule has 40 heavy (non-hydrogen) atoms. The van der Waals surface area contributed by atoms with Gasteiger partial charge in [-0.05, 0) is 36.5 Å². The first kappa shape index (κ1) is 34.8. The van der Waals surface area contributed by atoms with Crippen LogP contribution in [0, 0.1) is 5.92 Å². The van der Waals surface area contributed by atoms with Gasteiger partial charge in [0, 0.05) is 23.2 Å². The molecule has 0 spiro atoms. The van der Waals surface area contributed by atoms with Gasteiger partial charge in [-0.2, -0.15) is 0 Å². The molecule has 0 aliphatic carbocycles. The van der Waals surface area contributed by atoms with Crippen LogP contribution >= 0.6 is 22.6 Å². The first-order valence-corrected chi connectivity index (χ1v) is 14.3. The number of carbonyl (C=O) groups excluding carboxylic acids is 4. The summed E-state index contributed by atoms with van der Waals surface area (Å²) in [5.74, 6) is -1.80. The SMILES string of the molecule is CC(C)[C@H](NC(=O)COCCOCCNC(=O)O)C(=O)N[C@@H](CCCNC(N)=O)C(=O)Nc1ccc(CI)cc1. The molecular formula is C25H39IN6O8. The first-order valence-electron chi connectivity index (χ1n) is 12.7. The number of anilines is 1. The van der Waals surface area contributed by atoms with Crippen molar-refractivity contribution in [3.8, 4) is 0 Å². The number of amides is 6. The molecule has 2 atom stereocenters. The molecule has 15 heteroatoms. The van der Waals surface area contributed by atoms with E-state index in [0.29, 0.717) is 12.1 Å². The Hall–Kier alpha value is -3.18. The quantitative estimate of drug-likeness (QED) is 0.0635. The van der Waals surface area contributed by atoms with Crippen LogP contribution in [0.1, 0.15) is 32.3 Å². The summed E-state index contributed by atoms with van der Waals surface area (Å²) in [6.45, 7) is 3.96. The molecular weight excluding hydrogens is 639 g/mol. The Kier molecular flexibility index (Phi) is 17.3. The zero-order valence-corrected chi connectivity index (χ0v) is 24.8. The van der Waals surface area contributed by atoms with Crippen LogP contribution in [0.5, 0.6) is 0 Å². The molecule has 0 unspecified atom stereocenters. The highest BCUT2D eigenvalue weighted by Gasteiger charge is 2.28. The normalized spacial score (nSPS) is 12.2. The largest absolute Gasteiger partial charge is 0.465 e. The maximum Gasteiger partial charge on any atom is 0.404 e. The van der Waals surface area contributed by atoms with E-state index in [4.69, 9.17) is 20.3 Å². The number of benzene rings is 1. The molecule has 0 aromatic heterocycles. The Balaban J connectivity index is 2.68. The highest BCUT2D eigenvalue weighted by molar-refractivity contribution is 14.1. The minimum Gasteiger partial charge on any atom is -0.465 e. The summed E-state index contributed by atoms with van der Waals surface area (Å²) in [4.78, 5) is 59.9. The predicted octanol–water partition coefficient (Wildman–Crippen LogP) is 0.935. The number of carbonyl (C=O) groups is 5. The number of primary amides is 1. The van der Waals surface area contributed by atoms with E-state index >= 15 is 0 Å². The number of nitrogens with two attached hydrogens (primary N) is 1. The maximum atomic E-state index is 13.1. The first-order chi connectivity index (χ1) is 19.0. The summed E-state index contributed by atoms with van der Waals surface area (Å²) in [6.07, 6.45) is -0.558. The average molecular weight is 679 g/mol. The molecule has 224 valence electrons. The molecule has 0 saturated heterocycles. The smallest absolute Gasteiger partial charge is 0.404 e. The Bertz CT molecular complexity index is 963. The van der Waals surface area contributed by atoms with Crippen molar-refractivity contribution in [2.45, 2.75) is 43.2 Å². The summed E-state index contributed by atoms with van der Waals surface area (Å²) in [5, 5.41) is 21.2. The van der Waals surface area contributed by atoms with Gasteiger partial charge in [-0.15, -0.1) is 0 Å². The molecule has 14 nitrogen and oxygen atoms in total. The van der Waals surface area contributed by atoms with Crippen molar-refractivity contribution in [1.82, 2.24) is 21.3 Å². The molecule has 0 radical (unpaired) electrons. The topological polar surface area (TPSA) is 210 Å². The van der Waals surface area contributed by atoms with Crippen molar-refractivity contribution in [3.63, 3.8) is 0 Å². The van der Waals surface area contributed by atoms with Crippen molar-refractivity contribution < 1.29 is 38.6 Å². The molecule has 0 fully saturated rings. The monoisotopic (exact) mass is 678 g/mol. The third kappa shape index (κ3) is 15.4. The number of nitrogens with one attached hydrogen (secondary N) is 5. The third-order valence-electron chi connectivity index (χ3n) is 5.37. The van der Waals surface area contributed by atoms with Gasteiger partial charge in [-0.1, -0.05) is 48.6 Å². The summed E-state index contributed by atoms with van der Waals surface area (Å²) in [6, 6.07) is 4.77. The van der Waals surface area contributed by atoms with Crippen LogP contribution in [0.4, 0.5) is 15.3 Å². The Morgan fingerprint density at radius 2 is 1.60 bits per heavy atom. The fourth-order valence-corrected chi connectivity index (χ4v) is 3.83. The molecule has 0 bridgehead atoms. The van der Waals surface area contributed by atoms with E-state index < -0.39 is 41.9 Å². The number of rotatable bonds is 19. The number of urea groups is 1. The van der Waals surface area contributed by atoms with E-state index in [1.54, 1.807) is 26.0 Å². The predicted molar refractivity (Wildman–Crippen MR) is 156 cm³/mol. The van der Waals surface area contributed by atoms with Gasteiger partial charge in [0.25, 0.3) is 0 Å². The van der Waals surface area contributed by atoms with E-state index in [1.807, 2.05) is 12.1 Å². The van der Waals surface area contributed by atoms with Gasteiger partial charge in [0.2, 0.25) is 17.7 Å². The van der Waals surface area contributed by atoms with Gasteiger partial charge in [-0.25, -0.2) is 9.59 Å². The lowest BCUT2D eigenvalue weighted by Gasteiger charge is -2.25. The lowest BCUT2D eigenvalue weighted by molar-refractivity contribution is -0.134. The van der Waals surface area contributed by atoms with Crippen LogP contribution in [-0.2, 0) is 28.3 Å². The Morgan fingerprint density at radius 3 is 2.20 bits per heavy atom. The summed E-state index contributed by atoms with van der Waals surface area (Å²) < 4.78 is 11.3. The molecule has 1 aromatic rings. The summed E-state index contributed by atoms with van der Waals surface area (Å²) >= 11 is 2.24. The third-order valence-corrected chi connectivity index (χ3v) is 6.25. The highest BCUT2D eigenvalue weighted by atomic mass is 127. The van der Waals surface area contributed by atoms with Gasteiger partial charge < -0.3 is 46.9 Å². The lowest BCUT2D eigenvalue weighted by atomic mass is 10.0. The van der Waals surface area contributed by atoms with E-state index in [2.05, 4.69) is 49.2 Å². The fraction of sp³-hybridized carbons (Fsp3) is 0.560. The minimum absolute atomic E-state index is 0.0967. The molecule has 0 heterocycles. The maximum absolute atomic E-state index is 13.1. The molecule has 0 saturated carbocycles. The van der Waals surface area contributed by atoms with Crippen LogP contribution in [0.25, 0.3) is 0 Å². The standard InChI is InChI=1S/C25H39IN6O8/c1-16(2)21(32-20(33)15-40-13-12-39-11-10-29-25(37)38)23(35)31-19(4-3-9-28-24(27)36)22(34)30-18-7-5-17(14-26)6-8-18/h5-8,16,19,21,29H,3-4,9-15H2,1-2H3,(H,30,34)(H,31,35)(H,32,33)(H,37,38)(H3,27,28,36)/t19-,21-/m0/s1. The fourth-order valence-electron chi connectivity index (χ4n) is 3.32. The van der Waals surface area contributed by atoms with Crippen LogP contribution in [0.2, 0.25) is 0 Å². The molecule has 0 aliphatic heterocycles. The zero-order valence-electron chi connectivity index (χ0n) is 22.7. The number of halogens is 1. The van der Waals surface area contributed by atoms with Crippen molar-refractivity contribution in [3.05, 3.63) is 29.8 Å². The van der Waals surface area contributed by atoms with Crippen molar-refractivity contribution in [1.29, 1.82) is 0 Å². The number of hydrogen-bond acceptors (Lipinski definition) is 7. The van der Waals surface area contributed by atoms with E-state index in [1.165, 1.54) is 0 Å². The van der Waals surface area contributed by atoms with Crippen LogP contribution in [0.15, 0.2) is 24.3 Å². The second kappa shape index (κ2) is 19.8. The van der Waals surface area contributed by atoms with Crippen molar-refractivity contribution in [2.75, 3.05) is 44.8 Å². The summed E-state index contributed by atoms with van der Waals surface area (Å²) in [5.41, 5.74) is 6.77. The number of hydrogen-bond donors (Lipinski definition) is 7. The Morgan fingerprint density at radius 1 is 0.925 bits per heavy atom. The molecule has 1 rings (SSSR count). The van der Waals surface area contributed by atoms with Crippen LogP contribution < -0.4 is 32.3 Å². The highest BCUT2D eigenvalue weighted by Crippen LogP contribution is 2.13. The van der Waals surface area contributed by atoms with E-state index in [9.17, 15) is 24.0 Å². The van der Waals surface area contributed by atoms with Gasteiger partial charge >= 0.3 is 12.1 Å². The second-order valence-electron chi connectivity index (χ2n) is 9.00. The molecule has 8 N–H and O–H groups in total. The van der Waals surface area contributed by atoms with Crippen LogP contribution in [0.3, 0.4) is 0 Å². The summed E-state index contributed by atoms with van der Waals surface area (Å²) in [7, 11) is 0. The number of ether oxygens (including phenoxy) is 2. The van der Waals surface area contributed by atoms with Crippen LogP contribution in [-0.4, -0.2) is 86.6 Å². The van der Waals surface area contributed by atoms with Gasteiger partial charge in [0.05, 0.1) is 19.8 Å². The van der Waals surface area contributed by atoms with E-state index in [0.717, 1.165) is 9.99 Å². The molecule has 6 amide bonds. The Labute approximate surface area is 247 Å². The average Bonchev–Trinajstić information content (AvgIpc) is 2.90. The van der Waals surface area contributed by atoms with E-state index in [-0.39, 0.29) is 51.9 Å². The number of carboxylic acid groups (broad SMARTS) is 1. The lowest BCUT2D eigenvalue weighted by Crippen LogP contribution is -2.55.